The number of nitrogens with zero attached hydrogens (tertiary/aromatic N) is 1. The van der Waals surface area contributed by atoms with Gasteiger partial charge in [-0.2, -0.15) is 0 Å². The van der Waals surface area contributed by atoms with Gasteiger partial charge in [0.25, 0.3) is 0 Å². The van der Waals surface area contributed by atoms with E-state index < -0.39 is 0 Å². The normalized spacial score (nSPS) is 17.5. The summed E-state index contributed by atoms with van der Waals surface area (Å²) in [6, 6.07) is 0. The van der Waals surface area contributed by atoms with Crippen LogP contribution in [0, 0.1) is 5.92 Å². The van der Waals surface area contributed by atoms with Gasteiger partial charge in [-0.3, -0.25) is 9.59 Å². The van der Waals surface area contributed by atoms with E-state index in [2.05, 4.69) is 5.32 Å². The molecule has 0 aromatic carbocycles. The van der Waals surface area contributed by atoms with Crippen molar-refractivity contribution in [3.63, 3.8) is 0 Å². The summed E-state index contributed by atoms with van der Waals surface area (Å²) in [7, 11) is 0. The number of piperazine rings is 1. The molecular weight excluding hydrogens is 168 g/mol. The summed E-state index contributed by atoms with van der Waals surface area (Å²) in [5.41, 5.74) is 0. The van der Waals surface area contributed by atoms with Crippen LogP contribution < -0.4 is 5.32 Å². The van der Waals surface area contributed by atoms with Crippen LogP contribution in [0.2, 0.25) is 0 Å². The molecule has 0 bridgehead atoms. The summed E-state index contributed by atoms with van der Waals surface area (Å²) in [4.78, 5) is 24.1. The van der Waals surface area contributed by atoms with Crippen molar-refractivity contribution in [1.29, 1.82) is 0 Å². The van der Waals surface area contributed by atoms with Crippen molar-refractivity contribution in [2.45, 2.75) is 20.3 Å². The van der Waals surface area contributed by atoms with Gasteiger partial charge in [0.05, 0.1) is 6.54 Å². The van der Waals surface area contributed by atoms with Crippen LogP contribution in [0.4, 0.5) is 0 Å². The molecule has 13 heavy (non-hydrogen) atoms. The first kappa shape index (κ1) is 10.0. The Morgan fingerprint density at radius 1 is 1.62 bits per heavy atom. The van der Waals surface area contributed by atoms with E-state index in [-0.39, 0.29) is 18.4 Å². The third kappa shape index (κ3) is 3.05. The van der Waals surface area contributed by atoms with Gasteiger partial charge < -0.3 is 10.2 Å². The summed E-state index contributed by atoms with van der Waals surface area (Å²) < 4.78 is 0. The summed E-state index contributed by atoms with van der Waals surface area (Å²) in [5, 5.41) is 2.69. The number of rotatable bonds is 2. The van der Waals surface area contributed by atoms with Gasteiger partial charge >= 0.3 is 0 Å². The SMILES string of the molecule is CC(C)CC(=O)N1CCNC(=O)C1. The standard InChI is InChI=1S/C9H16N2O2/c1-7(2)5-9(13)11-4-3-10-8(12)6-11/h7H,3-6H2,1-2H3,(H,10,12). The van der Waals surface area contributed by atoms with Crippen LogP contribution in [0.1, 0.15) is 20.3 Å². The van der Waals surface area contributed by atoms with Gasteiger partial charge in [-0.05, 0) is 5.92 Å². The molecule has 1 aliphatic heterocycles. The van der Waals surface area contributed by atoms with Crippen LogP contribution >= 0.6 is 0 Å². The fraction of sp³-hybridized carbons (Fsp3) is 0.778. The van der Waals surface area contributed by atoms with Crippen LogP contribution in [0.25, 0.3) is 0 Å². The zero-order chi connectivity index (χ0) is 9.84. The van der Waals surface area contributed by atoms with Gasteiger partial charge in [-0.1, -0.05) is 13.8 Å². The fourth-order valence-corrected chi connectivity index (χ4v) is 1.33. The molecule has 74 valence electrons. The molecule has 2 amide bonds. The van der Waals surface area contributed by atoms with E-state index in [0.717, 1.165) is 0 Å². The molecule has 0 unspecified atom stereocenters. The minimum atomic E-state index is -0.0524. The average molecular weight is 184 g/mol. The largest absolute Gasteiger partial charge is 0.353 e. The molecule has 1 rings (SSSR count). The fourth-order valence-electron chi connectivity index (χ4n) is 1.33. The number of hydrogen-bond donors (Lipinski definition) is 1. The van der Waals surface area contributed by atoms with E-state index in [9.17, 15) is 9.59 Å². The molecule has 4 heteroatoms. The third-order valence-electron chi connectivity index (χ3n) is 1.97. The summed E-state index contributed by atoms with van der Waals surface area (Å²) >= 11 is 0. The summed E-state index contributed by atoms with van der Waals surface area (Å²) in [5.74, 6) is 0.394. The molecule has 0 aromatic rings. The number of amides is 2. The Balaban J connectivity index is 2.41. The van der Waals surface area contributed by atoms with Crippen molar-refractivity contribution >= 4 is 11.8 Å². The Morgan fingerprint density at radius 2 is 2.31 bits per heavy atom. The molecule has 1 saturated heterocycles. The van der Waals surface area contributed by atoms with E-state index in [1.165, 1.54) is 0 Å². The molecule has 0 spiro atoms. The highest BCUT2D eigenvalue weighted by Crippen LogP contribution is 2.04. The maximum atomic E-state index is 11.5. The first-order chi connectivity index (χ1) is 6.09. The third-order valence-corrected chi connectivity index (χ3v) is 1.97. The maximum Gasteiger partial charge on any atom is 0.239 e. The van der Waals surface area contributed by atoms with Gasteiger partial charge in [0, 0.05) is 19.5 Å². The van der Waals surface area contributed by atoms with Gasteiger partial charge in [-0.25, -0.2) is 0 Å². The van der Waals surface area contributed by atoms with Gasteiger partial charge in [0.15, 0.2) is 0 Å². The van der Waals surface area contributed by atoms with E-state index >= 15 is 0 Å². The molecule has 0 radical (unpaired) electrons. The Morgan fingerprint density at radius 3 is 2.85 bits per heavy atom. The van der Waals surface area contributed by atoms with Gasteiger partial charge in [-0.15, -0.1) is 0 Å². The molecule has 1 N–H and O–H groups in total. The molecule has 1 aliphatic rings. The predicted octanol–water partition coefficient (Wildman–Crippen LogP) is -0.00910. The number of nitrogens with one attached hydrogen (secondary N) is 1. The zero-order valence-electron chi connectivity index (χ0n) is 8.17. The highest BCUT2D eigenvalue weighted by molar-refractivity contribution is 5.85. The molecule has 0 aromatic heterocycles. The van der Waals surface area contributed by atoms with E-state index in [1.54, 1.807) is 4.90 Å². The molecule has 0 aliphatic carbocycles. The zero-order valence-corrected chi connectivity index (χ0v) is 8.17. The number of hydrogen-bond acceptors (Lipinski definition) is 2. The monoisotopic (exact) mass is 184 g/mol. The molecule has 0 saturated carbocycles. The lowest BCUT2D eigenvalue weighted by Gasteiger charge is -2.27. The predicted molar refractivity (Wildman–Crippen MR) is 49.0 cm³/mol. The highest BCUT2D eigenvalue weighted by atomic mass is 16.2. The number of carbonyl (C=O) groups excluding carboxylic acids is 2. The van der Waals surface area contributed by atoms with Crippen LogP contribution in [0.3, 0.4) is 0 Å². The van der Waals surface area contributed by atoms with Crippen molar-refractivity contribution in [3.8, 4) is 0 Å². The van der Waals surface area contributed by atoms with Crippen molar-refractivity contribution in [1.82, 2.24) is 10.2 Å². The highest BCUT2D eigenvalue weighted by Gasteiger charge is 2.20. The van der Waals surface area contributed by atoms with Crippen LogP contribution in [-0.4, -0.2) is 36.3 Å². The van der Waals surface area contributed by atoms with Crippen molar-refractivity contribution in [3.05, 3.63) is 0 Å². The first-order valence-electron chi connectivity index (χ1n) is 4.64. The smallest absolute Gasteiger partial charge is 0.239 e. The minimum Gasteiger partial charge on any atom is -0.353 e. The van der Waals surface area contributed by atoms with Crippen LogP contribution in [0.5, 0.6) is 0 Å². The Labute approximate surface area is 78.3 Å². The van der Waals surface area contributed by atoms with E-state index in [0.29, 0.717) is 25.4 Å². The average Bonchev–Trinajstić information content (AvgIpc) is 2.03. The molecule has 1 heterocycles. The Bertz CT molecular complexity index is 214. The minimum absolute atomic E-state index is 0.0524. The molecule has 1 fully saturated rings. The van der Waals surface area contributed by atoms with Gasteiger partial charge in [0.1, 0.15) is 0 Å². The van der Waals surface area contributed by atoms with Crippen LogP contribution in [-0.2, 0) is 9.59 Å². The van der Waals surface area contributed by atoms with Gasteiger partial charge in [0.2, 0.25) is 11.8 Å². The Kier molecular flexibility index (Phi) is 3.28. The second-order valence-electron chi connectivity index (χ2n) is 3.76. The topological polar surface area (TPSA) is 49.4 Å². The Hall–Kier alpha value is -1.06. The van der Waals surface area contributed by atoms with Crippen molar-refractivity contribution < 1.29 is 9.59 Å². The maximum absolute atomic E-state index is 11.5. The lowest BCUT2D eigenvalue weighted by molar-refractivity contribution is -0.138. The molecule has 0 atom stereocenters. The van der Waals surface area contributed by atoms with E-state index in [4.69, 9.17) is 0 Å². The van der Waals surface area contributed by atoms with Crippen LogP contribution in [0.15, 0.2) is 0 Å². The molecular formula is C9H16N2O2. The van der Waals surface area contributed by atoms with Crippen molar-refractivity contribution in [2.75, 3.05) is 19.6 Å². The lowest BCUT2D eigenvalue weighted by atomic mass is 10.1. The second-order valence-corrected chi connectivity index (χ2v) is 3.76. The summed E-state index contributed by atoms with van der Waals surface area (Å²) in [6.07, 6.45) is 0.535. The molecule has 4 nitrogen and oxygen atoms in total. The van der Waals surface area contributed by atoms with Crippen molar-refractivity contribution in [2.24, 2.45) is 5.92 Å². The quantitative estimate of drug-likeness (QED) is 0.656. The number of carbonyl (C=O) groups is 2. The second kappa shape index (κ2) is 4.25. The summed E-state index contributed by atoms with van der Waals surface area (Å²) in [6.45, 7) is 5.47. The first-order valence-corrected chi connectivity index (χ1v) is 4.64. The van der Waals surface area contributed by atoms with E-state index in [1.807, 2.05) is 13.8 Å². The lowest BCUT2D eigenvalue weighted by Crippen LogP contribution is -2.50.